The summed E-state index contributed by atoms with van der Waals surface area (Å²) >= 11 is 0. The van der Waals surface area contributed by atoms with E-state index in [-0.39, 0.29) is 6.54 Å². The van der Waals surface area contributed by atoms with Gasteiger partial charge in [-0.05, 0) is 13.8 Å². The molecule has 3 N–H and O–H groups in total. The van der Waals surface area contributed by atoms with E-state index >= 15 is 0 Å². The monoisotopic (exact) mass is 243 g/mol. The number of carbonyl (C=O) groups is 4. The minimum atomic E-state index is -1.20. The molecule has 0 aliphatic carbocycles. The Morgan fingerprint density at radius 1 is 1.47 bits per heavy atom. The van der Waals surface area contributed by atoms with Gasteiger partial charge >= 0.3 is 12.0 Å². The second kappa shape index (κ2) is 4.40. The fourth-order valence-corrected chi connectivity index (χ4v) is 1.36. The van der Waals surface area contributed by atoms with E-state index in [2.05, 4.69) is 10.6 Å². The van der Waals surface area contributed by atoms with Gasteiger partial charge in [0.25, 0.3) is 5.91 Å². The molecule has 4 amide bonds. The van der Waals surface area contributed by atoms with Crippen LogP contribution in [0, 0.1) is 0 Å². The highest BCUT2D eigenvalue weighted by Gasteiger charge is 2.43. The maximum atomic E-state index is 11.6. The molecule has 1 aliphatic heterocycles. The predicted octanol–water partition coefficient (Wildman–Crippen LogP) is -1.48. The second-order valence-corrected chi connectivity index (χ2v) is 4.07. The Hall–Kier alpha value is -2.12. The molecule has 0 radical (unpaired) electrons. The number of hydrogen-bond acceptors (Lipinski definition) is 4. The number of aliphatic carboxylic acids is 1. The highest BCUT2D eigenvalue weighted by atomic mass is 16.4. The molecule has 1 heterocycles. The Balaban J connectivity index is 2.79. The van der Waals surface area contributed by atoms with Gasteiger partial charge in [0.05, 0.1) is 0 Å². The Labute approximate surface area is 97.0 Å². The van der Waals surface area contributed by atoms with Gasteiger partial charge in [0, 0.05) is 0 Å². The molecule has 0 aromatic carbocycles. The molecule has 0 atom stereocenters. The van der Waals surface area contributed by atoms with Crippen LogP contribution in [-0.4, -0.2) is 52.4 Å². The second-order valence-electron chi connectivity index (χ2n) is 4.07. The minimum absolute atomic E-state index is 0.288. The maximum absolute atomic E-state index is 11.6. The molecular weight excluding hydrogens is 230 g/mol. The molecule has 0 saturated carbocycles. The first-order valence-electron chi connectivity index (χ1n) is 4.86. The van der Waals surface area contributed by atoms with Crippen molar-refractivity contribution in [2.45, 2.75) is 19.4 Å². The van der Waals surface area contributed by atoms with Gasteiger partial charge in [0.1, 0.15) is 18.6 Å². The zero-order valence-electron chi connectivity index (χ0n) is 9.44. The lowest BCUT2D eigenvalue weighted by Gasteiger charge is -2.39. The third-order valence-electron chi connectivity index (χ3n) is 2.42. The molecule has 0 aromatic rings. The Morgan fingerprint density at radius 3 is 2.59 bits per heavy atom. The van der Waals surface area contributed by atoms with Crippen molar-refractivity contribution >= 4 is 23.8 Å². The Morgan fingerprint density at radius 2 is 2.06 bits per heavy atom. The first kappa shape index (κ1) is 12.9. The number of amides is 4. The van der Waals surface area contributed by atoms with Crippen LogP contribution >= 0.6 is 0 Å². The number of nitrogens with zero attached hydrogens (tertiary/aromatic N) is 1. The van der Waals surface area contributed by atoms with E-state index in [1.165, 1.54) is 13.8 Å². The lowest BCUT2D eigenvalue weighted by molar-refractivity contribution is -0.142. The molecular formula is C9H13N3O5. The van der Waals surface area contributed by atoms with Gasteiger partial charge in [-0.15, -0.1) is 0 Å². The molecule has 1 saturated heterocycles. The van der Waals surface area contributed by atoms with Crippen molar-refractivity contribution in [2.75, 3.05) is 13.1 Å². The number of rotatable bonds is 2. The van der Waals surface area contributed by atoms with Crippen molar-refractivity contribution in [3.05, 3.63) is 0 Å². The number of urea groups is 1. The van der Waals surface area contributed by atoms with Crippen LogP contribution in [0.1, 0.15) is 13.8 Å². The van der Waals surface area contributed by atoms with E-state index in [0.29, 0.717) is 0 Å². The molecule has 1 rings (SSSR count). The number of nitrogens with one attached hydrogen (secondary N) is 2. The van der Waals surface area contributed by atoms with Crippen LogP contribution in [0.4, 0.5) is 4.79 Å². The van der Waals surface area contributed by atoms with E-state index < -0.39 is 35.9 Å². The standard InChI is InChI=1S/C9H13N3O5/c1-9(2)7(16)11-5(13)4-12(9)8(17)10-3-6(14)15/h3-4H2,1-2H3,(H,10,17)(H,14,15)(H,11,13,16). The summed E-state index contributed by atoms with van der Waals surface area (Å²) in [5, 5.41) is 12.6. The number of piperazine rings is 1. The number of carbonyl (C=O) groups excluding carboxylic acids is 3. The molecule has 0 spiro atoms. The topological polar surface area (TPSA) is 116 Å². The van der Waals surface area contributed by atoms with Crippen molar-refractivity contribution in [1.82, 2.24) is 15.5 Å². The average Bonchev–Trinajstić information content (AvgIpc) is 2.20. The van der Waals surface area contributed by atoms with Gasteiger partial charge in [0.2, 0.25) is 5.91 Å². The van der Waals surface area contributed by atoms with Crippen LogP contribution in [0.3, 0.4) is 0 Å². The number of hydrogen-bond donors (Lipinski definition) is 3. The smallest absolute Gasteiger partial charge is 0.323 e. The van der Waals surface area contributed by atoms with Gasteiger partial charge in [-0.2, -0.15) is 0 Å². The third-order valence-corrected chi connectivity index (χ3v) is 2.42. The van der Waals surface area contributed by atoms with Gasteiger partial charge in [-0.25, -0.2) is 4.79 Å². The molecule has 0 unspecified atom stereocenters. The van der Waals surface area contributed by atoms with Gasteiger partial charge < -0.3 is 15.3 Å². The van der Waals surface area contributed by atoms with E-state index in [1.54, 1.807) is 0 Å². The number of carboxylic acids is 1. The Kier molecular flexibility index (Phi) is 3.35. The maximum Gasteiger partial charge on any atom is 0.323 e. The van der Waals surface area contributed by atoms with Crippen LogP contribution < -0.4 is 10.6 Å². The quantitative estimate of drug-likeness (QED) is 0.511. The van der Waals surface area contributed by atoms with E-state index in [1.807, 2.05) is 0 Å². The minimum Gasteiger partial charge on any atom is -0.480 e. The summed E-state index contributed by atoms with van der Waals surface area (Å²) in [4.78, 5) is 45.6. The summed E-state index contributed by atoms with van der Waals surface area (Å²) in [7, 11) is 0. The molecule has 8 nitrogen and oxygen atoms in total. The van der Waals surface area contributed by atoms with Crippen LogP contribution in [0.2, 0.25) is 0 Å². The molecule has 1 aliphatic rings. The van der Waals surface area contributed by atoms with E-state index in [0.717, 1.165) is 4.90 Å². The van der Waals surface area contributed by atoms with Crippen molar-refractivity contribution in [1.29, 1.82) is 0 Å². The predicted molar refractivity (Wildman–Crippen MR) is 55.0 cm³/mol. The normalized spacial score (nSPS) is 18.6. The first-order chi connectivity index (χ1) is 7.75. The van der Waals surface area contributed by atoms with Crippen molar-refractivity contribution in [2.24, 2.45) is 0 Å². The van der Waals surface area contributed by atoms with Crippen LogP contribution in [0.15, 0.2) is 0 Å². The van der Waals surface area contributed by atoms with E-state index in [9.17, 15) is 19.2 Å². The van der Waals surface area contributed by atoms with Gasteiger partial charge in [-0.1, -0.05) is 0 Å². The molecule has 17 heavy (non-hydrogen) atoms. The van der Waals surface area contributed by atoms with Crippen LogP contribution in [-0.2, 0) is 14.4 Å². The van der Waals surface area contributed by atoms with Crippen LogP contribution in [0.5, 0.6) is 0 Å². The number of carboxylic acid groups (broad SMARTS) is 1. The molecule has 0 aromatic heterocycles. The van der Waals surface area contributed by atoms with Crippen molar-refractivity contribution < 1.29 is 24.3 Å². The lowest BCUT2D eigenvalue weighted by atomic mass is 9.99. The van der Waals surface area contributed by atoms with E-state index in [4.69, 9.17) is 5.11 Å². The fourth-order valence-electron chi connectivity index (χ4n) is 1.36. The van der Waals surface area contributed by atoms with Crippen LogP contribution in [0.25, 0.3) is 0 Å². The summed E-state index contributed by atoms with van der Waals surface area (Å²) in [6.07, 6.45) is 0. The number of imide groups is 1. The summed E-state index contributed by atoms with van der Waals surface area (Å²) < 4.78 is 0. The zero-order chi connectivity index (χ0) is 13.2. The highest BCUT2D eigenvalue weighted by molar-refractivity contribution is 6.06. The summed E-state index contributed by atoms with van der Waals surface area (Å²) in [5.41, 5.74) is -1.20. The lowest BCUT2D eigenvalue weighted by Crippen LogP contribution is -2.67. The molecule has 1 fully saturated rings. The SMILES string of the molecule is CC1(C)C(=O)NC(=O)CN1C(=O)NCC(=O)O. The summed E-state index contributed by atoms with van der Waals surface area (Å²) in [6, 6.07) is -0.763. The first-order valence-corrected chi connectivity index (χ1v) is 4.86. The zero-order valence-corrected chi connectivity index (χ0v) is 9.44. The summed E-state index contributed by atoms with van der Waals surface area (Å²) in [5.74, 6) is -2.40. The van der Waals surface area contributed by atoms with Gasteiger partial charge in [-0.3, -0.25) is 19.7 Å². The molecule has 0 bridgehead atoms. The van der Waals surface area contributed by atoms with Crippen molar-refractivity contribution in [3.8, 4) is 0 Å². The van der Waals surface area contributed by atoms with Gasteiger partial charge in [0.15, 0.2) is 0 Å². The third kappa shape index (κ3) is 2.71. The largest absolute Gasteiger partial charge is 0.480 e. The summed E-state index contributed by atoms with van der Waals surface area (Å²) in [6.45, 7) is 2.08. The fraction of sp³-hybridized carbons (Fsp3) is 0.556. The van der Waals surface area contributed by atoms with Crippen molar-refractivity contribution in [3.63, 3.8) is 0 Å². The molecule has 94 valence electrons. The Bertz CT molecular complexity index is 390. The molecule has 8 heteroatoms. The highest BCUT2D eigenvalue weighted by Crippen LogP contribution is 2.17. The average molecular weight is 243 g/mol.